The van der Waals surface area contributed by atoms with E-state index >= 15 is 0 Å². The van der Waals surface area contributed by atoms with Gasteiger partial charge < -0.3 is 10.1 Å². The first-order valence-corrected chi connectivity index (χ1v) is 10.3. The SMILES string of the molecule is Fc1ccc(O[C@H]2CC[C@H](c3nnc4n3-c3ccc(Cl)cc3CNC4)CC2)nc1. The van der Waals surface area contributed by atoms with Gasteiger partial charge in [0.2, 0.25) is 5.88 Å². The Balaban J connectivity index is 1.34. The third kappa shape index (κ3) is 3.72. The Hall–Kier alpha value is -2.51. The van der Waals surface area contributed by atoms with Crippen molar-refractivity contribution in [1.29, 1.82) is 0 Å². The number of aromatic nitrogens is 4. The molecule has 1 aromatic carbocycles. The van der Waals surface area contributed by atoms with Crippen LogP contribution in [0.15, 0.2) is 36.5 Å². The summed E-state index contributed by atoms with van der Waals surface area (Å²) < 4.78 is 21.1. The van der Waals surface area contributed by atoms with Crippen LogP contribution in [0.25, 0.3) is 5.69 Å². The van der Waals surface area contributed by atoms with Crippen molar-refractivity contribution < 1.29 is 9.13 Å². The molecule has 2 aromatic heterocycles. The van der Waals surface area contributed by atoms with Crippen LogP contribution >= 0.6 is 11.6 Å². The van der Waals surface area contributed by atoms with Gasteiger partial charge in [-0.15, -0.1) is 10.2 Å². The molecular weight excluding hydrogens is 393 g/mol. The van der Waals surface area contributed by atoms with Crippen LogP contribution in [0.2, 0.25) is 5.02 Å². The fourth-order valence-electron chi connectivity index (χ4n) is 4.24. The smallest absolute Gasteiger partial charge is 0.213 e. The number of rotatable bonds is 3. The molecule has 1 fully saturated rings. The highest BCUT2D eigenvalue weighted by Gasteiger charge is 2.30. The Kier molecular flexibility index (Phi) is 4.93. The van der Waals surface area contributed by atoms with Gasteiger partial charge in [0.25, 0.3) is 0 Å². The quantitative estimate of drug-likeness (QED) is 0.698. The van der Waals surface area contributed by atoms with Gasteiger partial charge in [-0.05, 0) is 55.5 Å². The lowest BCUT2D eigenvalue weighted by molar-refractivity contribution is 0.138. The molecule has 1 saturated carbocycles. The molecule has 2 aliphatic rings. The van der Waals surface area contributed by atoms with Gasteiger partial charge in [0.15, 0.2) is 5.82 Å². The van der Waals surface area contributed by atoms with Crippen molar-refractivity contribution in [3.05, 3.63) is 64.6 Å². The van der Waals surface area contributed by atoms with Crippen LogP contribution in [-0.4, -0.2) is 25.9 Å². The highest BCUT2D eigenvalue weighted by molar-refractivity contribution is 6.30. The zero-order valence-electron chi connectivity index (χ0n) is 15.8. The molecule has 0 unspecified atom stereocenters. The molecular formula is C21H21ClFN5O. The first-order chi connectivity index (χ1) is 14.2. The van der Waals surface area contributed by atoms with Crippen molar-refractivity contribution in [1.82, 2.24) is 25.1 Å². The largest absolute Gasteiger partial charge is 0.474 e. The lowest BCUT2D eigenvalue weighted by Crippen LogP contribution is -2.25. The molecule has 0 amide bonds. The van der Waals surface area contributed by atoms with Crippen molar-refractivity contribution in [3.63, 3.8) is 0 Å². The molecule has 5 rings (SSSR count). The van der Waals surface area contributed by atoms with E-state index in [9.17, 15) is 4.39 Å². The van der Waals surface area contributed by atoms with Gasteiger partial charge >= 0.3 is 0 Å². The number of fused-ring (bicyclic) bond motifs is 3. The summed E-state index contributed by atoms with van der Waals surface area (Å²) in [5.41, 5.74) is 2.25. The summed E-state index contributed by atoms with van der Waals surface area (Å²) >= 11 is 6.20. The predicted molar refractivity (Wildman–Crippen MR) is 107 cm³/mol. The second-order valence-electron chi connectivity index (χ2n) is 7.59. The topological polar surface area (TPSA) is 64.9 Å². The van der Waals surface area contributed by atoms with Gasteiger partial charge in [-0.2, -0.15) is 0 Å². The number of nitrogens with one attached hydrogen (secondary N) is 1. The van der Waals surface area contributed by atoms with Crippen LogP contribution in [0.4, 0.5) is 4.39 Å². The average molecular weight is 414 g/mol. The van der Waals surface area contributed by atoms with E-state index < -0.39 is 0 Å². The third-order valence-corrected chi connectivity index (χ3v) is 5.90. The van der Waals surface area contributed by atoms with E-state index in [4.69, 9.17) is 16.3 Å². The molecule has 3 heterocycles. The van der Waals surface area contributed by atoms with Gasteiger partial charge in [0.05, 0.1) is 18.4 Å². The fraction of sp³-hybridized carbons (Fsp3) is 0.381. The summed E-state index contributed by atoms with van der Waals surface area (Å²) in [7, 11) is 0. The molecule has 8 heteroatoms. The molecule has 0 bridgehead atoms. The van der Waals surface area contributed by atoms with Gasteiger partial charge in [-0.25, -0.2) is 9.37 Å². The van der Waals surface area contributed by atoms with Crippen molar-refractivity contribution in [2.75, 3.05) is 0 Å². The number of hydrogen-bond donors (Lipinski definition) is 1. The molecule has 3 aromatic rings. The second-order valence-corrected chi connectivity index (χ2v) is 8.03. The van der Waals surface area contributed by atoms with Crippen molar-refractivity contribution in [2.45, 2.75) is 50.8 Å². The Morgan fingerprint density at radius 2 is 1.93 bits per heavy atom. The number of pyridine rings is 1. The third-order valence-electron chi connectivity index (χ3n) is 5.66. The molecule has 0 saturated heterocycles. The maximum absolute atomic E-state index is 13.0. The fourth-order valence-corrected chi connectivity index (χ4v) is 4.43. The Morgan fingerprint density at radius 3 is 2.72 bits per heavy atom. The van der Waals surface area contributed by atoms with Gasteiger partial charge in [-0.3, -0.25) is 4.57 Å². The summed E-state index contributed by atoms with van der Waals surface area (Å²) in [6.07, 6.45) is 4.99. The Labute approximate surface area is 173 Å². The predicted octanol–water partition coefficient (Wildman–Crippen LogP) is 4.16. The Morgan fingerprint density at radius 1 is 1.07 bits per heavy atom. The minimum Gasteiger partial charge on any atom is -0.474 e. The molecule has 6 nitrogen and oxygen atoms in total. The zero-order valence-corrected chi connectivity index (χ0v) is 16.6. The average Bonchev–Trinajstić information content (AvgIpc) is 3.06. The van der Waals surface area contributed by atoms with Gasteiger partial charge in [-0.1, -0.05) is 11.6 Å². The van der Waals surface area contributed by atoms with Crippen LogP contribution in [0.5, 0.6) is 5.88 Å². The summed E-state index contributed by atoms with van der Waals surface area (Å²) in [4.78, 5) is 4.00. The Bertz CT molecular complexity index is 1010. The number of ether oxygens (including phenoxy) is 1. The van der Waals surface area contributed by atoms with E-state index in [2.05, 4.69) is 31.1 Å². The van der Waals surface area contributed by atoms with Crippen molar-refractivity contribution >= 4 is 11.6 Å². The summed E-state index contributed by atoms with van der Waals surface area (Å²) in [6, 6.07) is 8.92. The van der Waals surface area contributed by atoms with E-state index in [1.165, 1.54) is 12.3 Å². The first kappa shape index (κ1) is 18.5. The molecule has 1 aliphatic heterocycles. The summed E-state index contributed by atoms with van der Waals surface area (Å²) in [5, 5.41) is 13.1. The molecule has 1 N–H and O–H groups in total. The van der Waals surface area contributed by atoms with E-state index in [-0.39, 0.29) is 11.9 Å². The number of nitrogens with zero attached hydrogens (tertiary/aromatic N) is 4. The highest BCUT2D eigenvalue weighted by atomic mass is 35.5. The van der Waals surface area contributed by atoms with Crippen molar-refractivity contribution in [3.8, 4) is 11.6 Å². The van der Waals surface area contributed by atoms with E-state index in [0.717, 1.165) is 60.2 Å². The lowest BCUT2D eigenvalue weighted by Gasteiger charge is -2.28. The van der Waals surface area contributed by atoms with Crippen LogP contribution in [-0.2, 0) is 13.1 Å². The lowest BCUT2D eigenvalue weighted by atomic mass is 9.86. The molecule has 29 heavy (non-hydrogen) atoms. The molecule has 0 radical (unpaired) electrons. The van der Waals surface area contributed by atoms with Gasteiger partial charge in [0, 0.05) is 23.6 Å². The highest BCUT2D eigenvalue weighted by Crippen LogP contribution is 2.36. The normalized spacial score (nSPS) is 21.2. The maximum atomic E-state index is 13.0. The van der Waals surface area contributed by atoms with Crippen LogP contribution in [0, 0.1) is 5.82 Å². The minimum absolute atomic E-state index is 0.0866. The van der Waals surface area contributed by atoms with Crippen molar-refractivity contribution in [2.24, 2.45) is 0 Å². The van der Waals surface area contributed by atoms with Crippen LogP contribution in [0.1, 0.15) is 48.8 Å². The van der Waals surface area contributed by atoms with Crippen LogP contribution in [0.3, 0.4) is 0 Å². The molecule has 150 valence electrons. The zero-order chi connectivity index (χ0) is 19.8. The van der Waals surface area contributed by atoms with Gasteiger partial charge in [0.1, 0.15) is 17.7 Å². The van der Waals surface area contributed by atoms with E-state index in [1.807, 2.05) is 12.1 Å². The summed E-state index contributed by atoms with van der Waals surface area (Å²) in [6.45, 7) is 1.43. The first-order valence-electron chi connectivity index (χ1n) is 9.89. The molecule has 0 spiro atoms. The maximum Gasteiger partial charge on any atom is 0.213 e. The van der Waals surface area contributed by atoms with E-state index in [0.29, 0.717) is 18.3 Å². The number of hydrogen-bond acceptors (Lipinski definition) is 5. The molecule has 0 atom stereocenters. The standard InChI is InChI=1S/C21H21ClFN5O/c22-15-3-7-18-14(9-15)10-24-12-19-26-27-21(28(18)19)13-1-5-17(6-2-13)29-20-8-4-16(23)11-25-20/h3-4,7-9,11,13,17,24H,1-2,5-6,10,12H2/t13-,17-. The second kappa shape index (κ2) is 7.72. The number of benzene rings is 1. The van der Waals surface area contributed by atoms with Crippen LogP contribution < -0.4 is 10.1 Å². The monoisotopic (exact) mass is 413 g/mol. The number of halogens is 2. The summed E-state index contributed by atoms with van der Waals surface area (Å²) in [5.74, 6) is 2.37. The van der Waals surface area contributed by atoms with E-state index in [1.54, 1.807) is 6.07 Å². The minimum atomic E-state index is -0.357. The molecule has 1 aliphatic carbocycles.